The van der Waals surface area contributed by atoms with Gasteiger partial charge in [0.05, 0.1) is 11.1 Å². The Bertz CT molecular complexity index is 405. The lowest BCUT2D eigenvalue weighted by Crippen LogP contribution is -2.44. The number of aryl methyl sites for hydroxylation is 1. The van der Waals surface area contributed by atoms with Gasteiger partial charge in [-0.25, -0.2) is 0 Å². The average molecular weight is 257 g/mol. The van der Waals surface area contributed by atoms with Gasteiger partial charge in [0.25, 0.3) is 5.91 Å². The summed E-state index contributed by atoms with van der Waals surface area (Å²) in [6.45, 7) is 1.80. The summed E-state index contributed by atoms with van der Waals surface area (Å²) in [7, 11) is 1.78. The summed E-state index contributed by atoms with van der Waals surface area (Å²) >= 11 is 6.27. The van der Waals surface area contributed by atoms with Crippen LogP contribution in [0.2, 0.25) is 0 Å². The predicted octanol–water partition coefficient (Wildman–Crippen LogP) is 2.61. The summed E-state index contributed by atoms with van der Waals surface area (Å²) < 4.78 is 4.99. The van der Waals surface area contributed by atoms with E-state index in [0.717, 1.165) is 25.7 Å². The van der Waals surface area contributed by atoms with Gasteiger partial charge in [0.15, 0.2) is 0 Å². The third kappa shape index (κ3) is 2.63. The lowest BCUT2D eigenvalue weighted by molar-refractivity contribution is 0.0658. The summed E-state index contributed by atoms with van der Waals surface area (Å²) in [5.41, 5.74) is 0.716. The van der Waals surface area contributed by atoms with Crippen molar-refractivity contribution in [3.63, 3.8) is 0 Å². The van der Waals surface area contributed by atoms with Gasteiger partial charge >= 0.3 is 0 Å². The minimum absolute atomic E-state index is 0.0433. The maximum absolute atomic E-state index is 12.1. The van der Waals surface area contributed by atoms with Gasteiger partial charge < -0.3 is 9.42 Å². The van der Waals surface area contributed by atoms with Crippen LogP contribution in [0.3, 0.4) is 0 Å². The molecule has 1 aliphatic rings. The minimum Gasteiger partial charge on any atom is -0.351 e. The van der Waals surface area contributed by atoms with Gasteiger partial charge in [-0.3, -0.25) is 4.79 Å². The third-order valence-electron chi connectivity index (χ3n) is 3.30. The molecule has 1 fully saturated rings. The highest BCUT2D eigenvalue weighted by Gasteiger charge is 2.31. The van der Waals surface area contributed by atoms with Crippen LogP contribution < -0.4 is 0 Å². The molecule has 5 heteroatoms. The second-order valence-electron chi connectivity index (χ2n) is 4.62. The molecule has 1 aromatic rings. The van der Waals surface area contributed by atoms with E-state index in [0.29, 0.717) is 11.5 Å². The standard InChI is InChI=1S/C12H17ClN2O2/c1-8-7-11(17-14-8)12(16)15(2)10-6-4-3-5-9(10)13/h7,9-10H,3-6H2,1-2H3. The summed E-state index contributed by atoms with van der Waals surface area (Å²) in [5, 5.41) is 3.77. The van der Waals surface area contributed by atoms with Crippen molar-refractivity contribution in [3.05, 3.63) is 17.5 Å². The zero-order valence-corrected chi connectivity index (χ0v) is 10.9. The van der Waals surface area contributed by atoms with Crippen LogP contribution >= 0.6 is 11.6 Å². The fraction of sp³-hybridized carbons (Fsp3) is 0.667. The van der Waals surface area contributed by atoms with Crippen LogP contribution in [-0.4, -0.2) is 34.4 Å². The zero-order chi connectivity index (χ0) is 12.4. The van der Waals surface area contributed by atoms with Crippen molar-refractivity contribution in [2.24, 2.45) is 0 Å². The van der Waals surface area contributed by atoms with Crippen molar-refractivity contribution in [1.82, 2.24) is 10.1 Å². The van der Waals surface area contributed by atoms with E-state index in [-0.39, 0.29) is 17.3 Å². The number of hydrogen-bond donors (Lipinski definition) is 0. The Hall–Kier alpha value is -1.03. The maximum Gasteiger partial charge on any atom is 0.292 e. The Morgan fingerprint density at radius 2 is 2.24 bits per heavy atom. The Morgan fingerprint density at radius 1 is 1.53 bits per heavy atom. The maximum atomic E-state index is 12.1. The van der Waals surface area contributed by atoms with Gasteiger partial charge in [0.2, 0.25) is 5.76 Å². The van der Waals surface area contributed by atoms with Crippen LogP contribution in [0.5, 0.6) is 0 Å². The fourth-order valence-electron chi connectivity index (χ4n) is 2.29. The van der Waals surface area contributed by atoms with Crippen LogP contribution in [0.25, 0.3) is 0 Å². The number of amides is 1. The van der Waals surface area contributed by atoms with Crippen molar-refractivity contribution in [3.8, 4) is 0 Å². The molecule has 1 amide bonds. The number of alkyl halides is 1. The van der Waals surface area contributed by atoms with Crippen LogP contribution in [0, 0.1) is 6.92 Å². The highest BCUT2D eigenvalue weighted by atomic mass is 35.5. The molecule has 4 nitrogen and oxygen atoms in total. The molecular weight excluding hydrogens is 240 g/mol. The SMILES string of the molecule is Cc1cc(C(=O)N(C)C2CCCCC2Cl)on1. The molecule has 0 N–H and O–H groups in total. The first kappa shape index (κ1) is 12.4. The number of halogens is 1. The van der Waals surface area contributed by atoms with Crippen molar-refractivity contribution >= 4 is 17.5 Å². The van der Waals surface area contributed by atoms with Crippen molar-refractivity contribution in [2.75, 3.05) is 7.05 Å². The molecule has 2 atom stereocenters. The molecular formula is C12H17ClN2O2. The molecule has 0 radical (unpaired) electrons. The monoisotopic (exact) mass is 256 g/mol. The molecule has 1 aliphatic carbocycles. The van der Waals surface area contributed by atoms with Gasteiger partial charge in [0.1, 0.15) is 0 Å². The number of carbonyl (C=O) groups excluding carboxylic acids is 1. The molecule has 1 heterocycles. The Balaban J connectivity index is 2.08. The number of nitrogens with zero attached hydrogens (tertiary/aromatic N) is 2. The van der Waals surface area contributed by atoms with Gasteiger partial charge in [-0.15, -0.1) is 11.6 Å². The third-order valence-corrected chi connectivity index (χ3v) is 3.81. The Labute approximate surface area is 106 Å². The normalized spacial score (nSPS) is 24.6. The van der Waals surface area contributed by atoms with E-state index in [1.54, 1.807) is 24.9 Å². The second kappa shape index (κ2) is 5.08. The van der Waals surface area contributed by atoms with E-state index < -0.39 is 0 Å². The molecule has 0 aliphatic heterocycles. The summed E-state index contributed by atoms with van der Waals surface area (Å²) in [5.74, 6) is 0.155. The smallest absolute Gasteiger partial charge is 0.292 e. The summed E-state index contributed by atoms with van der Waals surface area (Å²) in [6, 6.07) is 1.76. The van der Waals surface area contributed by atoms with Gasteiger partial charge in [-0.05, 0) is 19.8 Å². The topological polar surface area (TPSA) is 46.3 Å². The molecule has 2 unspecified atom stereocenters. The van der Waals surface area contributed by atoms with Crippen molar-refractivity contribution in [1.29, 1.82) is 0 Å². The van der Waals surface area contributed by atoms with Gasteiger partial charge in [-0.2, -0.15) is 0 Å². The summed E-state index contributed by atoms with van der Waals surface area (Å²) in [6.07, 6.45) is 4.21. The van der Waals surface area contributed by atoms with Crippen LogP contribution in [0.15, 0.2) is 10.6 Å². The Morgan fingerprint density at radius 3 is 2.82 bits per heavy atom. The molecule has 0 bridgehead atoms. The van der Waals surface area contributed by atoms with E-state index >= 15 is 0 Å². The van der Waals surface area contributed by atoms with E-state index in [2.05, 4.69) is 5.16 Å². The van der Waals surface area contributed by atoms with Crippen LogP contribution in [-0.2, 0) is 0 Å². The number of carbonyl (C=O) groups is 1. The first-order chi connectivity index (χ1) is 8.09. The molecule has 2 rings (SSSR count). The largest absolute Gasteiger partial charge is 0.351 e. The molecule has 0 spiro atoms. The quantitative estimate of drug-likeness (QED) is 0.764. The van der Waals surface area contributed by atoms with Crippen LogP contribution in [0.4, 0.5) is 0 Å². The fourth-order valence-corrected chi connectivity index (χ4v) is 2.74. The lowest BCUT2D eigenvalue weighted by Gasteiger charge is -2.34. The zero-order valence-electron chi connectivity index (χ0n) is 10.1. The predicted molar refractivity (Wildman–Crippen MR) is 65.2 cm³/mol. The number of aromatic nitrogens is 1. The first-order valence-corrected chi connectivity index (χ1v) is 6.38. The lowest BCUT2D eigenvalue weighted by atomic mass is 9.94. The van der Waals surface area contributed by atoms with Crippen LogP contribution in [0.1, 0.15) is 41.9 Å². The van der Waals surface area contributed by atoms with E-state index in [4.69, 9.17) is 16.1 Å². The van der Waals surface area contributed by atoms with E-state index in [9.17, 15) is 4.79 Å². The summed E-state index contributed by atoms with van der Waals surface area (Å²) in [4.78, 5) is 13.8. The second-order valence-corrected chi connectivity index (χ2v) is 5.18. The number of rotatable bonds is 2. The van der Waals surface area contributed by atoms with E-state index in [1.165, 1.54) is 0 Å². The van der Waals surface area contributed by atoms with Gasteiger partial charge in [0, 0.05) is 19.2 Å². The average Bonchev–Trinajstić information content (AvgIpc) is 2.75. The molecule has 94 valence electrons. The van der Waals surface area contributed by atoms with Crippen molar-refractivity contribution in [2.45, 2.75) is 44.0 Å². The highest BCUT2D eigenvalue weighted by Crippen LogP contribution is 2.27. The van der Waals surface area contributed by atoms with Gasteiger partial charge in [-0.1, -0.05) is 18.0 Å². The van der Waals surface area contributed by atoms with E-state index in [1.807, 2.05) is 0 Å². The van der Waals surface area contributed by atoms with Crippen molar-refractivity contribution < 1.29 is 9.32 Å². The molecule has 0 aromatic carbocycles. The molecule has 17 heavy (non-hydrogen) atoms. The molecule has 0 saturated heterocycles. The number of hydrogen-bond acceptors (Lipinski definition) is 3. The first-order valence-electron chi connectivity index (χ1n) is 5.94. The molecule has 1 saturated carbocycles. The minimum atomic E-state index is -0.136. The molecule has 1 aromatic heterocycles. The highest BCUT2D eigenvalue weighted by molar-refractivity contribution is 6.21. The Kier molecular flexibility index (Phi) is 3.72.